The number of benzene rings is 1. The maximum absolute atomic E-state index is 14.1. The topological polar surface area (TPSA) is 92.7 Å². The zero-order valence-corrected chi connectivity index (χ0v) is 20.1. The van der Waals surface area contributed by atoms with Crippen LogP contribution in [0.3, 0.4) is 0 Å². The molecule has 184 valence electrons. The summed E-state index contributed by atoms with van der Waals surface area (Å²) in [6.07, 6.45) is 4.59. The van der Waals surface area contributed by atoms with Gasteiger partial charge in [0.2, 0.25) is 11.8 Å². The van der Waals surface area contributed by atoms with Gasteiger partial charge >= 0.3 is 0 Å². The summed E-state index contributed by atoms with van der Waals surface area (Å²) in [5.74, 6) is -1.39. The summed E-state index contributed by atoms with van der Waals surface area (Å²) < 4.78 is 21.4. The zero-order valence-electron chi connectivity index (χ0n) is 20.1. The summed E-state index contributed by atoms with van der Waals surface area (Å²) in [5.41, 5.74) is -0.00651. The van der Waals surface area contributed by atoms with Crippen LogP contribution in [0, 0.1) is 5.82 Å². The van der Waals surface area contributed by atoms with Crippen LogP contribution in [0.15, 0.2) is 18.2 Å². The molecular weight excluding hydrogens is 439 g/mol. The van der Waals surface area contributed by atoms with E-state index in [0.717, 1.165) is 25.7 Å². The van der Waals surface area contributed by atoms with Crippen LogP contribution in [0.25, 0.3) is 10.9 Å². The fourth-order valence-corrected chi connectivity index (χ4v) is 5.18. The lowest BCUT2D eigenvalue weighted by atomic mass is 9.93. The van der Waals surface area contributed by atoms with Crippen molar-refractivity contribution in [2.45, 2.75) is 71.0 Å². The molecule has 2 aliphatic rings. The van der Waals surface area contributed by atoms with E-state index in [9.17, 15) is 18.8 Å². The Morgan fingerprint density at radius 1 is 1.26 bits per heavy atom. The van der Waals surface area contributed by atoms with Gasteiger partial charge in [0.15, 0.2) is 0 Å². The Hall–Kier alpha value is -2.94. The van der Waals surface area contributed by atoms with E-state index in [1.807, 2.05) is 6.92 Å². The normalized spacial score (nSPS) is 20.6. The maximum atomic E-state index is 14.1. The Kier molecular flexibility index (Phi) is 6.93. The molecule has 0 saturated heterocycles. The number of nitrogens with zero attached hydrogens (tertiary/aromatic N) is 2. The molecule has 1 aromatic heterocycles. The van der Waals surface area contributed by atoms with Gasteiger partial charge in [-0.25, -0.2) is 4.39 Å². The molecule has 1 atom stereocenters. The molecule has 8 nitrogen and oxygen atoms in total. The standard InChI is InChI=1S/C25H33FN4O4/c1-4-34-13-7-12-30-23(32)22-21(27-16(2)31)19-14-17(26)10-11-20(19)29(22)15-25(30,3)24(33)28-18-8-5-6-9-18/h10-11,14,18H,4-9,12-13,15H2,1-3H3,(H,27,31)(H,28,33)/t25-/m1/s1. The molecule has 2 heterocycles. The number of halogens is 1. The smallest absolute Gasteiger partial charge is 0.273 e. The molecule has 1 saturated carbocycles. The third-order valence-electron chi connectivity index (χ3n) is 6.89. The van der Waals surface area contributed by atoms with Gasteiger partial charge in [0, 0.05) is 38.1 Å². The zero-order chi connectivity index (χ0) is 24.5. The number of hydrogen-bond donors (Lipinski definition) is 2. The predicted molar refractivity (Wildman–Crippen MR) is 127 cm³/mol. The summed E-state index contributed by atoms with van der Waals surface area (Å²) in [5, 5.41) is 6.33. The summed E-state index contributed by atoms with van der Waals surface area (Å²) in [6.45, 7) is 6.59. The van der Waals surface area contributed by atoms with Crippen molar-refractivity contribution in [3.63, 3.8) is 0 Å². The van der Waals surface area contributed by atoms with Gasteiger partial charge in [0.05, 0.1) is 17.7 Å². The first-order valence-electron chi connectivity index (χ1n) is 12.1. The summed E-state index contributed by atoms with van der Waals surface area (Å²) in [4.78, 5) is 41.1. The fourth-order valence-electron chi connectivity index (χ4n) is 5.18. The molecule has 34 heavy (non-hydrogen) atoms. The number of carbonyl (C=O) groups is 3. The monoisotopic (exact) mass is 472 g/mol. The number of ether oxygens (including phenoxy) is 1. The van der Waals surface area contributed by atoms with E-state index in [-0.39, 0.29) is 41.7 Å². The Balaban J connectivity index is 1.79. The largest absolute Gasteiger partial charge is 0.382 e. The predicted octanol–water partition coefficient (Wildman–Crippen LogP) is 3.44. The second-order valence-corrected chi connectivity index (χ2v) is 9.39. The molecule has 1 fully saturated rings. The molecule has 4 rings (SSSR count). The molecule has 2 aromatic rings. The van der Waals surface area contributed by atoms with Crippen molar-refractivity contribution in [2.24, 2.45) is 0 Å². The van der Waals surface area contributed by atoms with E-state index >= 15 is 0 Å². The molecule has 1 aliphatic carbocycles. The van der Waals surface area contributed by atoms with Crippen LogP contribution in [0.4, 0.5) is 10.1 Å². The lowest BCUT2D eigenvalue weighted by Crippen LogP contribution is -2.65. The average molecular weight is 473 g/mol. The van der Waals surface area contributed by atoms with Crippen molar-refractivity contribution in [1.29, 1.82) is 0 Å². The number of fused-ring (bicyclic) bond motifs is 3. The molecule has 0 spiro atoms. The van der Waals surface area contributed by atoms with Crippen LogP contribution < -0.4 is 10.6 Å². The Labute approximate surface area is 198 Å². The molecule has 0 bridgehead atoms. The Bertz CT molecular complexity index is 1110. The first-order chi connectivity index (χ1) is 16.3. The minimum Gasteiger partial charge on any atom is -0.382 e. The van der Waals surface area contributed by atoms with Gasteiger partial charge in [-0.3, -0.25) is 14.4 Å². The van der Waals surface area contributed by atoms with Crippen LogP contribution in [0.2, 0.25) is 0 Å². The highest BCUT2D eigenvalue weighted by atomic mass is 19.1. The maximum Gasteiger partial charge on any atom is 0.273 e. The average Bonchev–Trinajstić information content (AvgIpc) is 3.39. The van der Waals surface area contributed by atoms with E-state index in [0.29, 0.717) is 37.1 Å². The van der Waals surface area contributed by atoms with E-state index in [2.05, 4.69) is 10.6 Å². The van der Waals surface area contributed by atoms with Gasteiger partial charge in [-0.05, 0) is 51.3 Å². The number of rotatable bonds is 8. The SMILES string of the molecule is CCOCCCN1C(=O)c2c(NC(C)=O)c3cc(F)ccc3n2C[C@]1(C)C(=O)NC1CCCC1. The van der Waals surface area contributed by atoms with E-state index in [1.165, 1.54) is 19.1 Å². The number of hydrogen-bond acceptors (Lipinski definition) is 4. The van der Waals surface area contributed by atoms with Crippen molar-refractivity contribution < 1.29 is 23.5 Å². The third kappa shape index (κ3) is 4.41. The Morgan fingerprint density at radius 2 is 2.00 bits per heavy atom. The number of amides is 3. The highest BCUT2D eigenvalue weighted by molar-refractivity contribution is 6.14. The number of anilines is 1. The van der Waals surface area contributed by atoms with Crippen LogP contribution in [-0.2, 0) is 20.9 Å². The van der Waals surface area contributed by atoms with Crippen molar-refractivity contribution in [2.75, 3.05) is 25.1 Å². The van der Waals surface area contributed by atoms with Crippen molar-refractivity contribution >= 4 is 34.3 Å². The minimum atomic E-state index is -1.15. The quantitative estimate of drug-likeness (QED) is 0.576. The van der Waals surface area contributed by atoms with Crippen LogP contribution in [-0.4, -0.2) is 58.5 Å². The van der Waals surface area contributed by atoms with Crippen molar-refractivity contribution in [3.05, 3.63) is 29.7 Å². The molecule has 0 unspecified atom stereocenters. The number of carbonyl (C=O) groups excluding carboxylic acids is 3. The first kappa shape index (κ1) is 24.2. The minimum absolute atomic E-state index is 0.108. The van der Waals surface area contributed by atoms with Gasteiger partial charge in [-0.1, -0.05) is 12.8 Å². The van der Waals surface area contributed by atoms with Gasteiger partial charge in [-0.15, -0.1) is 0 Å². The molecule has 9 heteroatoms. The number of nitrogens with one attached hydrogen (secondary N) is 2. The lowest BCUT2D eigenvalue weighted by molar-refractivity contribution is -0.133. The van der Waals surface area contributed by atoms with Crippen molar-refractivity contribution in [3.8, 4) is 0 Å². The molecule has 3 amide bonds. The van der Waals surface area contributed by atoms with Crippen molar-refractivity contribution in [1.82, 2.24) is 14.8 Å². The summed E-state index contributed by atoms with van der Waals surface area (Å²) >= 11 is 0. The lowest BCUT2D eigenvalue weighted by Gasteiger charge is -2.44. The van der Waals surface area contributed by atoms with Gasteiger partial charge in [0.25, 0.3) is 5.91 Å². The van der Waals surface area contributed by atoms with Crippen LogP contribution >= 0.6 is 0 Å². The van der Waals surface area contributed by atoms with Gasteiger partial charge in [0.1, 0.15) is 17.1 Å². The van der Waals surface area contributed by atoms with E-state index in [4.69, 9.17) is 4.74 Å². The second-order valence-electron chi connectivity index (χ2n) is 9.39. The summed E-state index contributed by atoms with van der Waals surface area (Å²) in [6, 6.07) is 4.33. The van der Waals surface area contributed by atoms with E-state index in [1.54, 1.807) is 22.5 Å². The van der Waals surface area contributed by atoms with Crippen LogP contribution in [0.5, 0.6) is 0 Å². The second kappa shape index (κ2) is 9.74. The van der Waals surface area contributed by atoms with Gasteiger partial charge in [-0.2, -0.15) is 0 Å². The molecule has 1 aromatic carbocycles. The Morgan fingerprint density at radius 3 is 2.68 bits per heavy atom. The molecular formula is C25H33FN4O4. The van der Waals surface area contributed by atoms with Crippen LogP contribution in [0.1, 0.15) is 63.4 Å². The molecule has 2 N–H and O–H groups in total. The van der Waals surface area contributed by atoms with Gasteiger partial charge < -0.3 is 24.8 Å². The molecule has 1 aliphatic heterocycles. The third-order valence-corrected chi connectivity index (χ3v) is 6.89. The number of aromatic nitrogens is 1. The van der Waals surface area contributed by atoms with E-state index < -0.39 is 11.4 Å². The fraction of sp³-hybridized carbons (Fsp3) is 0.560. The highest BCUT2D eigenvalue weighted by Gasteiger charge is 2.49. The summed E-state index contributed by atoms with van der Waals surface area (Å²) in [7, 11) is 0. The first-order valence-corrected chi connectivity index (χ1v) is 12.1. The highest BCUT2D eigenvalue weighted by Crippen LogP contribution is 2.39. The molecule has 0 radical (unpaired) electrons.